The first-order valence-corrected chi connectivity index (χ1v) is 6.12. The minimum Gasteiger partial charge on any atom is -0.308 e. The highest BCUT2D eigenvalue weighted by Gasteiger charge is 2.11. The fourth-order valence-electron chi connectivity index (χ4n) is 1.46. The molecule has 7 heteroatoms. The van der Waals surface area contributed by atoms with E-state index in [9.17, 15) is 9.59 Å². The summed E-state index contributed by atoms with van der Waals surface area (Å²) in [6, 6.07) is 0. The van der Waals surface area contributed by atoms with Gasteiger partial charge in [-0.1, -0.05) is 11.3 Å². The van der Waals surface area contributed by atoms with E-state index in [0.717, 1.165) is 21.9 Å². The van der Waals surface area contributed by atoms with Gasteiger partial charge < -0.3 is 5.32 Å². The molecule has 0 saturated heterocycles. The fourth-order valence-corrected chi connectivity index (χ4v) is 2.29. The third kappa shape index (κ3) is 2.62. The zero-order valence-corrected chi connectivity index (χ0v) is 10.8. The quantitative estimate of drug-likeness (QED) is 0.895. The van der Waals surface area contributed by atoms with Crippen LogP contribution in [0.5, 0.6) is 0 Å². The molecule has 0 radical (unpaired) electrons. The van der Waals surface area contributed by atoms with Gasteiger partial charge in [0.15, 0.2) is 5.82 Å². The van der Waals surface area contributed by atoms with Crippen LogP contribution in [-0.4, -0.2) is 20.4 Å². The first-order valence-electron chi connectivity index (χ1n) is 5.30. The van der Waals surface area contributed by atoms with Crippen LogP contribution < -0.4 is 10.2 Å². The molecule has 0 aliphatic rings. The van der Waals surface area contributed by atoms with E-state index in [0.29, 0.717) is 5.82 Å². The molecule has 2 rings (SSSR count). The van der Waals surface area contributed by atoms with Crippen LogP contribution in [0.15, 0.2) is 23.4 Å². The van der Waals surface area contributed by atoms with Crippen molar-refractivity contribution in [1.82, 2.24) is 14.5 Å². The largest absolute Gasteiger partial charge is 0.308 e. The number of carbonyl (C=O) groups excluding carboxylic acids is 1. The van der Waals surface area contributed by atoms with Crippen molar-refractivity contribution in [3.05, 3.63) is 38.8 Å². The summed E-state index contributed by atoms with van der Waals surface area (Å²) < 4.78 is 1.45. The predicted molar refractivity (Wildman–Crippen MR) is 68.7 cm³/mol. The van der Waals surface area contributed by atoms with E-state index in [-0.39, 0.29) is 17.3 Å². The molecule has 1 amide bonds. The van der Waals surface area contributed by atoms with E-state index in [2.05, 4.69) is 15.3 Å². The molecule has 0 aliphatic carbocycles. The molecule has 0 fully saturated rings. The second kappa shape index (κ2) is 5.09. The van der Waals surface area contributed by atoms with Gasteiger partial charge >= 0.3 is 4.87 Å². The molecule has 0 unspecified atom stereocenters. The molecule has 2 heterocycles. The van der Waals surface area contributed by atoms with Gasteiger partial charge in [-0.3, -0.25) is 19.1 Å². The number of aryl methyl sites for hydroxylation is 1. The van der Waals surface area contributed by atoms with Crippen LogP contribution in [0.25, 0.3) is 0 Å². The highest BCUT2D eigenvalue weighted by Crippen LogP contribution is 2.09. The van der Waals surface area contributed by atoms with Gasteiger partial charge in [-0.25, -0.2) is 4.98 Å². The number of rotatable bonds is 3. The Bertz CT molecular complexity index is 618. The van der Waals surface area contributed by atoms with Gasteiger partial charge in [0, 0.05) is 23.0 Å². The number of nitrogens with zero attached hydrogens (tertiary/aromatic N) is 3. The van der Waals surface area contributed by atoms with Crippen molar-refractivity contribution in [2.24, 2.45) is 0 Å². The SMILES string of the molecule is Cc1sc(=O)n(CC(=O)Nc2cnccn2)c1C. The minimum absolute atomic E-state index is 0.00835. The molecule has 0 aromatic carbocycles. The first-order chi connectivity index (χ1) is 8.58. The topological polar surface area (TPSA) is 76.9 Å². The third-order valence-corrected chi connectivity index (χ3v) is 3.50. The maximum absolute atomic E-state index is 11.8. The van der Waals surface area contributed by atoms with Gasteiger partial charge in [-0.15, -0.1) is 0 Å². The second-order valence-corrected chi connectivity index (χ2v) is 4.90. The Hall–Kier alpha value is -2.02. The molecule has 94 valence electrons. The van der Waals surface area contributed by atoms with Gasteiger partial charge in [0.25, 0.3) is 0 Å². The van der Waals surface area contributed by atoms with Crippen LogP contribution in [0.1, 0.15) is 10.6 Å². The van der Waals surface area contributed by atoms with Crippen LogP contribution >= 0.6 is 11.3 Å². The van der Waals surface area contributed by atoms with E-state index in [1.54, 1.807) is 0 Å². The van der Waals surface area contributed by atoms with Gasteiger partial charge in [0.2, 0.25) is 5.91 Å². The molecule has 0 spiro atoms. The Labute approximate surface area is 107 Å². The lowest BCUT2D eigenvalue weighted by molar-refractivity contribution is -0.116. The van der Waals surface area contributed by atoms with E-state index >= 15 is 0 Å². The highest BCUT2D eigenvalue weighted by molar-refractivity contribution is 7.09. The number of aromatic nitrogens is 3. The van der Waals surface area contributed by atoms with E-state index in [1.807, 2.05) is 13.8 Å². The molecule has 0 atom stereocenters. The number of amides is 1. The van der Waals surface area contributed by atoms with E-state index in [1.165, 1.54) is 23.2 Å². The summed E-state index contributed by atoms with van der Waals surface area (Å²) in [5.74, 6) is 0.0821. The molecule has 0 aliphatic heterocycles. The van der Waals surface area contributed by atoms with Gasteiger partial charge in [0.1, 0.15) is 6.54 Å². The number of nitrogens with one attached hydrogen (secondary N) is 1. The second-order valence-electron chi connectivity index (χ2n) is 3.73. The fraction of sp³-hybridized carbons (Fsp3) is 0.273. The highest BCUT2D eigenvalue weighted by atomic mass is 32.1. The Balaban J connectivity index is 2.10. The van der Waals surface area contributed by atoms with Crippen LogP contribution in [0, 0.1) is 13.8 Å². The molecule has 2 aromatic rings. The molecule has 6 nitrogen and oxygen atoms in total. The molecule has 18 heavy (non-hydrogen) atoms. The predicted octanol–water partition coefficient (Wildman–Crippen LogP) is 0.955. The lowest BCUT2D eigenvalue weighted by Crippen LogP contribution is -2.25. The Morgan fingerprint density at radius 1 is 1.44 bits per heavy atom. The summed E-state index contributed by atoms with van der Waals surface area (Å²) in [7, 11) is 0. The maximum atomic E-state index is 11.8. The summed E-state index contributed by atoms with van der Waals surface area (Å²) in [4.78, 5) is 32.0. The molecular formula is C11H12N4O2S. The van der Waals surface area contributed by atoms with Crippen molar-refractivity contribution in [3.8, 4) is 0 Å². The summed E-state index contributed by atoms with van der Waals surface area (Å²) >= 11 is 1.14. The third-order valence-electron chi connectivity index (χ3n) is 2.51. The first kappa shape index (κ1) is 12.4. The Kier molecular flexibility index (Phi) is 3.52. The Morgan fingerprint density at radius 2 is 2.22 bits per heavy atom. The zero-order valence-electron chi connectivity index (χ0n) is 10.0. The monoisotopic (exact) mass is 264 g/mol. The van der Waals surface area contributed by atoms with Gasteiger partial charge in [-0.2, -0.15) is 0 Å². The van der Waals surface area contributed by atoms with Crippen molar-refractivity contribution in [2.75, 3.05) is 5.32 Å². The number of thiazole rings is 1. The van der Waals surface area contributed by atoms with Gasteiger partial charge in [0.05, 0.1) is 6.20 Å². The van der Waals surface area contributed by atoms with E-state index < -0.39 is 0 Å². The standard InChI is InChI=1S/C11H12N4O2S/c1-7-8(2)18-11(17)15(7)6-10(16)14-9-5-12-3-4-13-9/h3-5H,6H2,1-2H3,(H,13,14,16). The van der Waals surface area contributed by atoms with E-state index in [4.69, 9.17) is 0 Å². The van der Waals surface area contributed by atoms with Crippen LogP contribution in [-0.2, 0) is 11.3 Å². The molecule has 1 N–H and O–H groups in total. The lowest BCUT2D eigenvalue weighted by atomic mass is 10.4. The average molecular weight is 264 g/mol. The van der Waals surface area contributed by atoms with Crippen LogP contribution in [0.3, 0.4) is 0 Å². The average Bonchev–Trinajstić information content (AvgIpc) is 2.57. The normalized spacial score (nSPS) is 10.3. The summed E-state index contributed by atoms with van der Waals surface area (Å²) in [6.45, 7) is 3.67. The number of carbonyl (C=O) groups is 1. The smallest absolute Gasteiger partial charge is 0.308 e. The van der Waals surface area contributed by atoms with Crippen LogP contribution in [0.2, 0.25) is 0 Å². The zero-order chi connectivity index (χ0) is 13.1. The van der Waals surface area contributed by atoms with Crippen molar-refractivity contribution in [3.63, 3.8) is 0 Å². The molecule has 0 saturated carbocycles. The Morgan fingerprint density at radius 3 is 2.78 bits per heavy atom. The molecule has 2 aromatic heterocycles. The molecule has 0 bridgehead atoms. The van der Waals surface area contributed by atoms with Gasteiger partial charge in [-0.05, 0) is 13.8 Å². The van der Waals surface area contributed by atoms with Crippen molar-refractivity contribution >= 4 is 23.1 Å². The summed E-state index contributed by atoms with van der Waals surface area (Å²) in [5.41, 5.74) is 0.819. The number of hydrogen-bond donors (Lipinski definition) is 1. The summed E-state index contributed by atoms with van der Waals surface area (Å²) in [6.07, 6.45) is 4.46. The van der Waals surface area contributed by atoms with Crippen molar-refractivity contribution in [1.29, 1.82) is 0 Å². The number of hydrogen-bond acceptors (Lipinski definition) is 5. The number of anilines is 1. The molecular weight excluding hydrogens is 252 g/mol. The van der Waals surface area contributed by atoms with Crippen molar-refractivity contribution in [2.45, 2.75) is 20.4 Å². The van der Waals surface area contributed by atoms with Crippen LogP contribution in [0.4, 0.5) is 5.82 Å². The lowest BCUT2D eigenvalue weighted by Gasteiger charge is -2.05. The summed E-state index contributed by atoms with van der Waals surface area (Å²) in [5, 5.41) is 2.59. The minimum atomic E-state index is -0.293. The van der Waals surface area contributed by atoms with Crippen molar-refractivity contribution < 1.29 is 4.79 Å². The maximum Gasteiger partial charge on any atom is 0.308 e.